The number of aromatic nitrogens is 1. The van der Waals surface area contributed by atoms with E-state index in [0.29, 0.717) is 29.7 Å². The van der Waals surface area contributed by atoms with Crippen molar-refractivity contribution in [3.63, 3.8) is 0 Å². The number of fused-ring (bicyclic) bond motifs is 1. The van der Waals surface area contributed by atoms with Crippen LogP contribution in [0.3, 0.4) is 0 Å². The fourth-order valence-electron chi connectivity index (χ4n) is 2.72. The van der Waals surface area contributed by atoms with Crippen molar-refractivity contribution in [1.82, 2.24) is 10.3 Å². The number of hydrogen-bond donors (Lipinski definition) is 1. The van der Waals surface area contributed by atoms with Gasteiger partial charge in [0.05, 0.1) is 23.2 Å². The van der Waals surface area contributed by atoms with Crippen molar-refractivity contribution >= 4 is 28.8 Å². The Morgan fingerprint density at radius 3 is 2.62 bits per heavy atom. The predicted molar refractivity (Wildman–Crippen MR) is 94.3 cm³/mol. The van der Waals surface area contributed by atoms with Gasteiger partial charge in [-0.2, -0.15) is 0 Å². The van der Waals surface area contributed by atoms with E-state index in [2.05, 4.69) is 10.3 Å². The van der Waals surface area contributed by atoms with Gasteiger partial charge in [-0.25, -0.2) is 4.98 Å². The SMILES string of the molecule is Cc1nc(C(C)NC(=O)Cc2cc3c(cc2Cl)OCCO3)c(C)s1. The van der Waals surface area contributed by atoms with Crippen LogP contribution in [0.2, 0.25) is 5.02 Å². The molecule has 0 bridgehead atoms. The molecule has 7 heteroatoms. The van der Waals surface area contributed by atoms with E-state index < -0.39 is 0 Å². The molecule has 1 aliphatic rings. The van der Waals surface area contributed by atoms with Crippen LogP contribution in [-0.4, -0.2) is 24.1 Å². The predicted octanol–water partition coefficient (Wildman–Crippen LogP) is 3.60. The molecule has 1 aromatic heterocycles. The van der Waals surface area contributed by atoms with Gasteiger partial charge in [0.2, 0.25) is 5.91 Å². The molecule has 128 valence electrons. The summed E-state index contributed by atoms with van der Waals surface area (Å²) in [7, 11) is 0. The molecule has 1 unspecified atom stereocenters. The van der Waals surface area contributed by atoms with Crippen molar-refractivity contribution in [3.05, 3.63) is 38.3 Å². The van der Waals surface area contributed by atoms with Crippen molar-refractivity contribution in [2.24, 2.45) is 0 Å². The second-order valence-electron chi connectivity index (χ2n) is 5.73. The van der Waals surface area contributed by atoms with Gasteiger partial charge >= 0.3 is 0 Å². The van der Waals surface area contributed by atoms with Crippen LogP contribution in [-0.2, 0) is 11.2 Å². The molecule has 2 aromatic rings. The van der Waals surface area contributed by atoms with Crippen LogP contribution in [0.25, 0.3) is 0 Å². The van der Waals surface area contributed by atoms with Crippen LogP contribution in [0.4, 0.5) is 0 Å². The first-order valence-electron chi connectivity index (χ1n) is 7.75. The van der Waals surface area contributed by atoms with E-state index in [0.717, 1.165) is 21.1 Å². The van der Waals surface area contributed by atoms with E-state index in [1.807, 2.05) is 20.8 Å². The van der Waals surface area contributed by atoms with Crippen molar-refractivity contribution in [3.8, 4) is 11.5 Å². The molecule has 3 rings (SSSR count). The lowest BCUT2D eigenvalue weighted by Gasteiger charge is -2.20. The van der Waals surface area contributed by atoms with Crippen LogP contribution >= 0.6 is 22.9 Å². The Balaban J connectivity index is 1.69. The number of halogens is 1. The minimum atomic E-state index is -0.140. The number of rotatable bonds is 4. The minimum absolute atomic E-state index is 0.105. The lowest BCUT2D eigenvalue weighted by Crippen LogP contribution is -2.28. The Kier molecular flexibility index (Phi) is 4.96. The highest BCUT2D eigenvalue weighted by Gasteiger charge is 2.19. The highest BCUT2D eigenvalue weighted by Crippen LogP contribution is 2.35. The Morgan fingerprint density at radius 2 is 2.00 bits per heavy atom. The van der Waals surface area contributed by atoms with Crippen LogP contribution in [0.15, 0.2) is 12.1 Å². The fourth-order valence-corrected chi connectivity index (χ4v) is 3.86. The Morgan fingerprint density at radius 1 is 1.33 bits per heavy atom. The molecule has 1 aliphatic heterocycles. The largest absolute Gasteiger partial charge is 0.486 e. The van der Waals surface area contributed by atoms with Gasteiger partial charge in [0.15, 0.2) is 11.5 Å². The lowest BCUT2D eigenvalue weighted by molar-refractivity contribution is -0.121. The zero-order chi connectivity index (χ0) is 17.3. The van der Waals surface area contributed by atoms with E-state index in [9.17, 15) is 4.79 Å². The van der Waals surface area contributed by atoms with Crippen LogP contribution in [0, 0.1) is 13.8 Å². The fraction of sp³-hybridized carbons (Fsp3) is 0.412. The summed E-state index contributed by atoms with van der Waals surface area (Å²) in [6, 6.07) is 3.34. The summed E-state index contributed by atoms with van der Waals surface area (Å²) < 4.78 is 11.0. The van der Waals surface area contributed by atoms with E-state index in [-0.39, 0.29) is 18.4 Å². The van der Waals surface area contributed by atoms with Gasteiger partial charge in [-0.3, -0.25) is 4.79 Å². The third-order valence-electron chi connectivity index (χ3n) is 3.79. The third kappa shape index (κ3) is 3.65. The first kappa shape index (κ1) is 17.0. The second-order valence-corrected chi connectivity index (χ2v) is 7.54. The lowest BCUT2D eigenvalue weighted by atomic mass is 10.1. The number of nitrogens with zero attached hydrogens (tertiary/aromatic N) is 1. The van der Waals surface area contributed by atoms with Crippen LogP contribution < -0.4 is 14.8 Å². The normalized spacial score (nSPS) is 14.3. The zero-order valence-electron chi connectivity index (χ0n) is 13.8. The molecule has 1 amide bonds. The highest BCUT2D eigenvalue weighted by molar-refractivity contribution is 7.11. The maximum Gasteiger partial charge on any atom is 0.225 e. The number of aryl methyl sites for hydroxylation is 2. The molecular weight excluding hydrogens is 348 g/mol. The van der Waals surface area contributed by atoms with Crippen molar-refractivity contribution < 1.29 is 14.3 Å². The average Bonchev–Trinajstić information content (AvgIpc) is 2.86. The van der Waals surface area contributed by atoms with Gasteiger partial charge in [0.1, 0.15) is 13.2 Å². The van der Waals surface area contributed by atoms with E-state index in [4.69, 9.17) is 21.1 Å². The van der Waals surface area contributed by atoms with Gasteiger partial charge in [-0.1, -0.05) is 11.6 Å². The maximum absolute atomic E-state index is 12.4. The summed E-state index contributed by atoms with van der Waals surface area (Å²) >= 11 is 7.89. The van der Waals surface area contributed by atoms with Crippen LogP contribution in [0.5, 0.6) is 11.5 Å². The number of carbonyl (C=O) groups excluding carboxylic acids is 1. The molecule has 1 atom stereocenters. The molecule has 2 heterocycles. The van der Waals surface area contributed by atoms with Crippen molar-refractivity contribution in [1.29, 1.82) is 0 Å². The molecular formula is C17H19ClN2O3S. The molecule has 5 nitrogen and oxygen atoms in total. The minimum Gasteiger partial charge on any atom is -0.486 e. The smallest absolute Gasteiger partial charge is 0.225 e. The summed E-state index contributed by atoms with van der Waals surface area (Å²) in [4.78, 5) is 18.0. The summed E-state index contributed by atoms with van der Waals surface area (Å²) in [6.45, 7) is 6.92. The molecule has 0 fully saturated rings. The highest BCUT2D eigenvalue weighted by atomic mass is 35.5. The van der Waals surface area contributed by atoms with E-state index in [1.165, 1.54) is 0 Å². The molecule has 24 heavy (non-hydrogen) atoms. The topological polar surface area (TPSA) is 60.5 Å². The molecule has 0 radical (unpaired) electrons. The van der Waals surface area contributed by atoms with Gasteiger partial charge in [-0.15, -0.1) is 11.3 Å². The first-order valence-corrected chi connectivity index (χ1v) is 8.95. The molecule has 0 aliphatic carbocycles. The van der Waals surface area contributed by atoms with Gasteiger partial charge in [0.25, 0.3) is 0 Å². The average molecular weight is 367 g/mol. The van der Waals surface area contributed by atoms with Crippen molar-refractivity contribution in [2.75, 3.05) is 13.2 Å². The quantitative estimate of drug-likeness (QED) is 0.898. The third-order valence-corrected chi connectivity index (χ3v) is 5.04. The van der Waals surface area contributed by atoms with E-state index in [1.54, 1.807) is 23.5 Å². The summed E-state index contributed by atoms with van der Waals surface area (Å²) in [6.07, 6.45) is 0.183. The molecule has 0 spiro atoms. The Hall–Kier alpha value is -1.79. The van der Waals surface area contributed by atoms with Gasteiger partial charge < -0.3 is 14.8 Å². The number of benzene rings is 1. The number of carbonyl (C=O) groups is 1. The molecule has 0 saturated carbocycles. The zero-order valence-corrected chi connectivity index (χ0v) is 15.4. The summed E-state index contributed by atoms with van der Waals surface area (Å²) in [5.41, 5.74) is 1.64. The number of hydrogen-bond acceptors (Lipinski definition) is 5. The second kappa shape index (κ2) is 6.99. The Bertz CT molecular complexity index is 775. The number of ether oxygens (including phenoxy) is 2. The number of amides is 1. The van der Waals surface area contributed by atoms with Crippen molar-refractivity contribution in [2.45, 2.75) is 33.2 Å². The summed E-state index contributed by atoms with van der Waals surface area (Å²) in [5, 5.41) is 4.48. The monoisotopic (exact) mass is 366 g/mol. The van der Waals surface area contributed by atoms with Crippen LogP contribution in [0.1, 0.15) is 34.1 Å². The maximum atomic E-state index is 12.4. The van der Waals surface area contributed by atoms with Gasteiger partial charge in [-0.05, 0) is 32.4 Å². The molecule has 0 saturated heterocycles. The standard InChI is InChI=1S/C17H19ClN2O3S/c1-9(17-10(2)24-11(3)20-17)19-16(21)7-12-6-14-15(8-13(12)18)23-5-4-22-14/h6,8-9H,4-5,7H2,1-3H3,(H,19,21). The number of nitrogens with one attached hydrogen (secondary N) is 1. The first-order chi connectivity index (χ1) is 11.4. The van der Waals surface area contributed by atoms with E-state index >= 15 is 0 Å². The summed E-state index contributed by atoms with van der Waals surface area (Å²) in [5.74, 6) is 1.15. The molecule has 1 N–H and O–H groups in total. The van der Waals surface area contributed by atoms with Gasteiger partial charge in [0, 0.05) is 16.0 Å². The number of thiazole rings is 1. The molecule has 1 aromatic carbocycles. The Labute approximate surface area is 150 Å².